The highest BCUT2D eigenvalue weighted by molar-refractivity contribution is 5.94. The van der Waals surface area contributed by atoms with Crippen molar-refractivity contribution >= 4 is 5.78 Å². The number of ketones is 1. The lowest BCUT2D eigenvalue weighted by Gasteiger charge is -2.00. The van der Waals surface area contributed by atoms with Crippen LogP contribution in [0.4, 0.5) is 0 Å². The standard InChI is InChI=1S/C10H14N2O2/c1-8-11-6-5-9(12-8)10(13)4-3-7-14-2/h5-6H,3-4,7H2,1-2H3. The summed E-state index contributed by atoms with van der Waals surface area (Å²) in [5.74, 6) is 0.676. The molecule has 1 aromatic heterocycles. The fraction of sp³-hybridized carbons (Fsp3) is 0.500. The Bertz CT molecular complexity index is 313. The van der Waals surface area contributed by atoms with Gasteiger partial charge >= 0.3 is 0 Å². The topological polar surface area (TPSA) is 52.1 Å². The van der Waals surface area contributed by atoms with Gasteiger partial charge in [-0.1, -0.05) is 0 Å². The Kier molecular flexibility index (Phi) is 4.19. The van der Waals surface area contributed by atoms with E-state index in [2.05, 4.69) is 9.97 Å². The highest BCUT2D eigenvalue weighted by Crippen LogP contribution is 2.02. The van der Waals surface area contributed by atoms with E-state index < -0.39 is 0 Å². The zero-order valence-corrected chi connectivity index (χ0v) is 8.49. The smallest absolute Gasteiger partial charge is 0.181 e. The summed E-state index contributed by atoms with van der Waals surface area (Å²) in [4.78, 5) is 19.5. The number of nitrogens with zero attached hydrogens (tertiary/aromatic N) is 2. The van der Waals surface area contributed by atoms with Gasteiger partial charge < -0.3 is 4.74 Å². The van der Waals surface area contributed by atoms with Crippen LogP contribution in [-0.4, -0.2) is 29.5 Å². The van der Waals surface area contributed by atoms with E-state index in [9.17, 15) is 4.79 Å². The van der Waals surface area contributed by atoms with Crippen LogP contribution in [0.15, 0.2) is 12.3 Å². The molecule has 0 aliphatic heterocycles. The fourth-order valence-electron chi connectivity index (χ4n) is 1.12. The van der Waals surface area contributed by atoms with Gasteiger partial charge in [0.2, 0.25) is 0 Å². The first-order chi connectivity index (χ1) is 6.74. The molecular formula is C10H14N2O2. The summed E-state index contributed by atoms with van der Waals surface area (Å²) < 4.78 is 4.87. The van der Waals surface area contributed by atoms with Crippen LogP contribution in [0.1, 0.15) is 29.2 Å². The molecule has 0 spiro atoms. The molecule has 1 aromatic rings. The van der Waals surface area contributed by atoms with Gasteiger partial charge in [0.15, 0.2) is 5.78 Å². The first kappa shape index (κ1) is 10.8. The Morgan fingerprint density at radius 3 is 3.00 bits per heavy atom. The van der Waals surface area contributed by atoms with Crippen molar-refractivity contribution < 1.29 is 9.53 Å². The molecule has 76 valence electrons. The predicted molar refractivity (Wildman–Crippen MR) is 52.2 cm³/mol. The van der Waals surface area contributed by atoms with Crippen molar-refractivity contribution in [2.45, 2.75) is 19.8 Å². The Labute approximate surface area is 83.3 Å². The highest BCUT2D eigenvalue weighted by atomic mass is 16.5. The lowest BCUT2D eigenvalue weighted by atomic mass is 10.1. The SMILES string of the molecule is COCCCC(=O)c1ccnc(C)n1. The van der Waals surface area contributed by atoms with Crippen molar-refractivity contribution in [3.05, 3.63) is 23.8 Å². The number of hydrogen-bond donors (Lipinski definition) is 0. The van der Waals surface area contributed by atoms with Gasteiger partial charge in [0, 0.05) is 26.3 Å². The molecule has 0 bridgehead atoms. The molecular weight excluding hydrogens is 180 g/mol. The monoisotopic (exact) mass is 194 g/mol. The van der Waals surface area contributed by atoms with E-state index >= 15 is 0 Å². The summed E-state index contributed by atoms with van der Waals surface area (Å²) in [5.41, 5.74) is 0.494. The van der Waals surface area contributed by atoms with E-state index in [0.717, 1.165) is 6.42 Å². The third-order valence-electron chi connectivity index (χ3n) is 1.81. The number of aromatic nitrogens is 2. The van der Waals surface area contributed by atoms with Gasteiger partial charge in [-0.3, -0.25) is 4.79 Å². The maximum Gasteiger partial charge on any atom is 0.181 e. The van der Waals surface area contributed by atoms with Crippen LogP contribution in [0, 0.1) is 6.92 Å². The number of carbonyl (C=O) groups excluding carboxylic acids is 1. The van der Waals surface area contributed by atoms with Gasteiger partial charge in [-0.25, -0.2) is 9.97 Å². The van der Waals surface area contributed by atoms with E-state index in [1.807, 2.05) is 0 Å². The highest BCUT2D eigenvalue weighted by Gasteiger charge is 2.06. The molecule has 0 unspecified atom stereocenters. The first-order valence-corrected chi connectivity index (χ1v) is 4.56. The minimum atomic E-state index is 0.0487. The Hall–Kier alpha value is -1.29. The third kappa shape index (κ3) is 3.22. The van der Waals surface area contributed by atoms with Crippen LogP contribution >= 0.6 is 0 Å². The van der Waals surface area contributed by atoms with Gasteiger partial charge in [0.1, 0.15) is 11.5 Å². The van der Waals surface area contributed by atoms with E-state index in [-0.39, 0.29) is 5.78 Å². The van der Waals surface area contributed by atoms with Crippen molar-refractivity contribution in [1.29, 1.82) is 0 Å². The Morgan fingerprint density at radius 1 is 1.57 bits per heavy atom. The lowest BCUT2D eigenvalue weighted by Crippen LogP contribution is -2.05. The molecule has 0 saturated heterocycles. The largest absolute Gasteiger partial charge is 0.385 e. The quantitative estimate of drug-likeness (QED) is 0.525. The average molecular weight is 194 g/mol. The van der Waals surface area contributed by atoms with E-state index in [4.69, 9.17) is 4.74 Å². The molecule has 0 radical (unpaired) electrons. The summed E-state index contributed by atoms with van der Waals surface area (Å²) >= 11 is 0. The van der Waals surface area contributed by atoms with Gasteiger partial charge in [0.25, 0.3) is 0 Å². The molecule has 0 fully saturated rings. The molecule has 0 atom stereocenters. The van der Waals surface area contributed by atoms with Crippen LogP contribution < -0.4 is 0 Å². The van der Waals surface area contributed by atoms with Crippen molar-refractivity contribution in [3.8, 4) is 0 Å². The maximum absolute atomic E-state index is 11.5. The molecule has 0 aliphatic rings. The number of aryl methyl sites for hydroxylation is 1. The van der Waals surface area contributed by atoms with Crippen LogP contribution in [0.25, 0.3) is 0 Å². The zero-order chi connectivity index (χ0) is 10.4. The Balaban J connectivity index is 2.52. The number of Topliss-reactive ketones (excluding diaryl/α,β-unsaturated/α-hetero) is 1. The number of methoxy groups -OCH3 is 1. The molecule has 0 aliphatic carbocycles. The zero-order valence-electron chi connectivity index (χ0n) is 8.49. The normalized spacial score (nSPS) is 10.1. The molecule has 0 saturated carbocycles. The summed E-state index contributed by atoms with van der Waals surface area (Å²) in [6.07, 6.45) is 2.81. The van der Waals surface area contributed by atoms with Gasteiger partial charge in [-0.15, -0.1) is 0 Å². The molecule has 4 heteroatoms. The first-order valence-electron chi connectivity index (χ1n) is 4.56. The second-order valence-corrected chi connectivity index (χ2v) is 3.01. The molecule has 0 N–H and O–H groups in total. The maximum atomic E-state index is 11.5. The summed E-state index contributed by atoms with van der Waals surface area (Å²) in [5, 5.41) is 0. The molecule has 4 nitrogen and oxygen atoms in total. The van der Waals surface area contributed by atoms with Crippen molar-refractivity contribution in [2.24, 2.45) is 0 Å². The number of rotatable bonds is 5. The van der Waals surface area contributed by atoms with Crippen LogP contribution in [0.2, 0.25) is 0 Å². The Morgan fingerprint density at radius 2 is 2.36 bits per heavy atom. The second kappa shape index (κ2) is 5.44. The molecule has 1 heterocycles. The van der Waals surface area contributed by atoms with Gasteiger partial charge in [0.05, 0.1) is 0 Å². The second-order valence-electron chi connectivity index (χ2n) is 3.01. The van der Waals surface area contributed by atoms with E-state index in [0.29, 0.717) is 24.5 Å². The van der Waals surface area contributed by atoms with Crippen molar-refractivity contribution in [3.63, 3.8) is 0 Å². The van der Waals surface area contributed by atoms with E-state index in [1.165, 1.54) is 0 Å². The van der Waals surface area contributed by atoms with Crippen LogP contribution in [0.3, 0.4) is 0 Å². The predicted octanol–water partition coefficient (Wildman–Crippen LogP) is 1.39. The molecule has 0 aromatic carbocycles. The molecule has 14 heavy (non-hydrogen) atoms. The van der Waals surface area contributed by atoms with E-state index in [1.54, 1.807) is 26.3 Å². The van der Waals surface area contributed by atoms with Crippen molar-refractivity contribution in [1.82, 2.24) is 9.97 Å². The van der Waals surface area contributed by atoms with Crippen molar-refractivity contribution in [2.75, 3.05) is 13.7 Å². The molecule has 1 rings (SSSR count). The summed E-state index contributed by atoms with van der Waals surface area (Å²) in [6.45, 7) is 2.38. The minimum absolute atomic E-state index is 0.0487. The fourth-order valence-corrected chi connectivity index (χ4v) is 1.12. The van der Waals surface area contributed by atoms with Gasteiger partial charge in [-0.2, -0.15) is 0 Å². The number of ether oxygens (including phenoxy) is 1. The minimum Gasteiger partial charge on any atom is -0.385 e. The number of hydrogen-bond acceptors (Lipinski definition) is 4. The van der Waals surface area contributed by atoms with Crippen LogP contribution in [0.5, 0.6) is 0 Å². The summed E-state index contributed by atoms with van der Waals surface area (Å²) in [6, 6.07) is 1.64. The van der Waals surface area contributed by atoms with Gasteiger partial charge in [-0.05, 0) is 19.4 Å². The number of carbonyl (C=O) groups is 1. The van der Waals surface area contributed by atoms with Crippen LogP contribution in [-0.2, 0) is 4.74 Å². The third-order valence-corrected chi connectivity index (χ3v) is 1.81. The lowest BCUT2D eigenvalue weighted by molar-refractivity contribution is 0.0958. The summed E-state index contributed by atoms with van der Waals surface area (Å²) in [7, 11) is 1.62. The molecule has 0 amide bonds. The average Bonchev–Trinajstić information content (AvgIpc) is 2.18.